The number of aryl methyl sites for hydroxylation is 1. The minimum absolute atomic E-state index is 0.117. The van der Waals surface area contributed by atoms with Crippen LogP contribution < -0.4 is 10.2 Å². The molecule has 2 aromatic carbocycles. The van der Waals surface area contributed by atoms with Crippen LogP contribution in [0.1, 0.15) is 21.5 Å². The molecule has 0 aliphatic heterocycles. The molecule has 22 heavy (non-hydrogen) atoms. The Morgan fingerprint density at radius 2 is 1.91 bits per heavy atom. The third-order valence-electron chi connectivity index (χ3n) is 2.99. The summed E-state index contributed by atoms with van der Waals surface area (Å²) in [5.74, 6) is -0.897. The molecule has 2 rings (SSSR count). The third-order valence-corrected chi connectivity index (χ3v) is 2.99. The van der Waals surface area contributed by atoms with Gasteiger partial charge in [-0.15, -0.1) is 0 Å². The Balaban J connectivity index is 2.08. The quantitative estimate of drug-likeness (QED) is 0.458. The van der Waals surface area contributed by atoms with E-state index in [1.165, 1.54) is 25.5 Å². The number of methoxy groups -OCH3 is 1. The summed E-state index contributed by atoms with van der Waals surface area (Å²) in [6, 6.07) is 9.87. The number of rotatable bonds is 4. The van der Waals surface area contributed by atoms with Gasteiger partial charge in [0.05, 0.1) is 13.3 Å². The Morgan fingerprint density at radius 3 is 2.55 bits per heavy atom. The fourth-order valence-electron chi connectivity index (χ4n) is 1.78. The molecule has 0 fully saturated rings. The monoisotopic (exact) mass is 300 g/mol. The summed E-state index contributed by atoms with van der Waals surface area (Å²) in [7, 11) is 1.37. The average molecular weight is 300 g/mol. The van der Waals surface area contributed by atoms with Gasteiger partial charge in [-0.25, -0.2) is 5.43 Å². The van der Waals surface area contributed by atoms with Crippen LogP contribution in [0.15, 0.2) is 41.5 Å². The van der Waals surface area contributed by atoms with Gasteiger partial charge in [0.25, 0.3) is 5.91 Å². The predicted molar refractivity (Wildman–Crippen MR) is 82.6 cm³/mol. The lowest BCUT2D eigenvalue weighted by molar-refractivity contribution is 0.0955. The summed E-state index contributed by atoms with van der Waals surface area (Å²) in [5, 5.41) is 22.9. The van der Waals surface area contributed by atoms with Gasteiger partial charge in [-0.2, -0.15) is 5.10 Å². The van der Waals surface area contributed by atoms with Crippen LogP contribution >= 0.6 is 0 Å². The first-order valence-electron chi connectivity index (χ1n) is 6.51. The van der Waals surface area contributed by atoms with Crippen molar-refractivity contribution in [2.24, 2.45) is 5.10 Å². The molecular weight excluding hydrogens is 284 g/mol. The average Bonchev–Trinajstić information content (AvgIpc) is 2.51. The van der Waals surface area contributed by atoms with Crippen LogP contribution in [-0.2, 0) is 0 Å². The lowest BCUT2D eigenvalue weighted by atomic mass is 10.1. The van der Waals surface area contributed by atoms with Crippen LogP contribution in [0.25, 0.3) is 0 Å². The van der Waals surface area contributed by atoms with Gasteiger partial charge in [-0.3, -0.25) is 4.79 Å². The van der Waals surface area contributed by atoms with E-state index in [0.717, 1.165) is 5.56 Å². The first kappa shape index (κ1) is 15.4. The van der Waals surface area contributed by atoms with E-state index in [0.29, 0.717) is 11.1 Å². The van der Waals surface area contributed by atoms with Crippen LogP contribution in [0.5, 0.6) is 17.2 Å². The molecule has 0 atom stereocenters. The van der Waals surface area contributed by atoms with Gasteiger partial charge in [0, 0.05) is 11.1 Å². The molecule has 0 aliphatic rings. The Kier molecular flexibility index (Phi) is 4.63. The summed E-state index contributed by atoms with van der Waals surface area (Å²) < 4.78 is 4.92. The van der Waals surface area contributed by atoms with E-state index in [4.69, 9.17) is 4.74 Å². The fourth-order valence-corrected chi connectivity index (χ4v) is 1.78. The number of ether oxygens (including phenoxy) is 1. The first-order valence-corrected chi connectivity index (χ1v) is 6.51. The van der Waals surface area contributed by atoms with Crippen molar-refractivity contribution >= 4 is 12.1 Å². The number of carbonyl (C=O) groups excluding carboxylic acids is 1. The number of hydrazone groups is 1. The fraction of sp³-hybridized carbons (Fsp3) is 0.125. The van der Waals surface area contributed by atoms with E-state index >= 15 is 0 Å². The highest BCUT2D eigenvalue weighted by Gasteiger charge is 2.08. The topological polar surface area (TPSA) is 91.2 Å². The van der Waals surface area contributed by atoms with Gasteiger partial charge in [0.2, 0.25) is 5.75 Å². The van der Waals surface area contributed by atoms with E-state index in [1.54, 1.807) is 12.1 Å². The lowest BCUT2D eigenvalue weighted by Gasteiger charge is -2.06. The van der Waals surface area contributed by atoms with Crippen LogP contribution in [0.4, 0.5) is 0 Å². The molecule has 0 spiro atoms. The maximum atomic E-state index is 11.9. The number of benzene rings is 2. The van der Waals surface area contributed by atoms with Gasteiger partial charge >= 0.3 is 0 Å². The number of aromatic hydroxyl groups is 2. The van der Waals surface area contributed by atoms with Crippen molar-refractivity contribution in [1.82, 2.24) is 5.43 Å². The molecule has 0 aliphatic carbocycles. The predicted octanol–water partition coefficient (Wildman–Crippen LogP) is 2.18. The molecular formula is C16H16N2O4. The highest BCUT2D eigenvalue weighted by atomic mass is 16.5. The number of phenolic OH excluding ortho intramolecular Hbond substituents is 2. The zero-order valence-electron chi connectivity index (χ0n) is 12.2. The number of amides is 1. The van der Waals surface area contributed by atoms with Gasteiger partial charge in [0.1, 0.15) is 0 Å². The Labute approximate surface area is 127 Å². The number of nitrogens with one attached hydrogen (secondary N) is 1. The van der Waals surface area contributed by atoms with Crippen LogP contribution in [0.2, 0.25) is 0 Å². The second-order valence-corrected chi connectivity index (χ2v) is 4.66. The molecule has 0 unspecified atom stereocenters. The van der Waals surface area contributed by atoms with Crippen molar-refractivity contribution in [2.45, 2.75) is 6.92 Å². The highest BCUT2D eigenvalue weighted by Crippen LogP contribution is 2.35. The zero-order valence-corrected chi connectivity index (χ0v) is 12.2. The largest absolute Gasteiger partial charge is 0.504 e. The summed E-state index contributed by atoms with van der Waals surface area (Å²) >= 11 is 0. The minimum atomic E-state index is -0.344. The highest BCUT2D eigenvalue weighted by molar-refractivity contribution is 5.95. The molecule has 2 aromatic rings. The summed E-state index contributed by atoms with van der Waals surface area (Å²) in [5.41, 5.74) is 4.41. The Bertz CT molecular complexity index is 709. The molecule has 114 valence electrons. The van der Waals surface area contributed by atoms with Crippen LogP contribution in [0, 0.1) is 6.92 Å². The number of nitrogens with zero attached hydrogens (tertiary/aromatic N) is 1. The summed E-state index contributed by atoms with van der Waals surface area (Å²) in [4.78, 5) is 11.9. The molecule has 0 saturated carbocycles. The molecule has 0 aromatic heterocycles. The van der Waals surface area contributed by atoms with Gasteiger partial charge < -0.3 is 14.9 Å². The van der Waals surface area contributed by atoms with Crippen LogP contribution in [-0.4, -0.2) is 29.4 Å². The van der Waals surface area contributed by atoms with Crippen LogP contribution in [0.3, 0.4) is 0 Å². The van der Waals surface area contributed by atoms with E-state index in [9.17, 15) is 15.0 Å². The maximum Gasteiger partial charge on any atom is 0.271 e. The second kappa shape index (κ2) is 6.62. The smallest absolute Gasteiger partial charge is 0.271 e. The standard InChI is InChI=1S/C16H16N2O4/c1-10-3-5-12(6-4-10)16(21)18-17-9-11-7-13(19)15(20)14(8-11)22-2/h3-9,19-20H,1-2H3,(H,18,21)/b17-9+. The van der Waals surface area contributed by atoms with Gasteiger partial charge in [-0.05, 0) is 31.2 Å². The SMILES string of the molecule is COc1cc(/C=N/NC(=O)c2ccc(C)cc2)cc(O)c1O. The Morgan fingerprint density at radius 1 is 1.23 bits per heavy atom. The third kappa shape index (κ3) is 3.54. The van der Waals surface area contributed by atoms with Gasteiger partial charge in [-0.1, -0.05) is 17.7 Å². The molecule has 0 bridgehead atoms. The molecule has 1 amide bonds. The number of hydrogen-bond acceptors (Lipinski definition) is 5. The number of hydrogen-bond donors (Lipinski definition) is 3. The van der Waals surface area contributed by atoms with E-state index in [2.05, 4.69) is 10.5 Å². The van der Waals surface area contributed by atoms with Crippen molar-refractivity contribution in [2.75, 3.05) is 7.11 Å². The molecule has 6 nitrogen and oxygen atoms in total. The number of phenols is 2. The Hall–Kier alpha value is -3.02. The van der Waals surface area contributed by atoms with Crippen molar-refractivity contribution < 1.29 is 19.7 Å². The van der Waals surface area contributed by atoms with Crippen molar-refractivity contribution in [3.05, 3.63) is 53.1 Å². The zero-order chi connectivity index (χ0) is 16.1. The molecule has 6 heteroatoms. The summed E-state index contributed by atoms with van der Waals surface area (Å²) in [6.07, 6.45) is 1.34. The maximum absolute atomic E-state index is 11.9. The van der Waals surface area contributed by atoms with Crippen molar-refractivity contribution in [1.29, 1.82) is 0 Å². The van der Waals surface area contributed by atoms with E-state index in [-0.39, 0.29) is 23.2 Å². The first-order chi connectivity index (χ1) is 10.5. The van der Waals surface area contributed by atoms with E-state index < -0.39 is 0 Å². The van der Waals surface area contributed by atoms with Gasteiger partial charge in [0.15, 0.2) is 11.5 Å². The number of carbonyl (C=O) groups is 1. The summed E-state index contributed by atoms with van der Waals surface area (Å²) in [6.45, 7) is 1.94. The van der Waals surface area contributed by atoms with E-state index in [1.807, 2.05) is 19.1 Å². The normalized spacial score (nSPS) is 10.6. The minimum Gasteiger partial charge on any atom is -0.504 e. The molecule has 0 saturated heterocycles. The lowest BCUT2D eigenvalue weighted by Crippen LogP contribution is -2.17. The molecule has 0 heterocycles. The van der Waals surface area contributed by atoms with Crippen molar-refractivity contribution in [3.8, 4) is 17.2 Å². The molecule has 0 radical (unpaired) electrons. The second-order valence-electron chi connectivity index (χ2n) is 4.66. The molecule has 3 N–H and O–H groups in total. The van der Waals surface area contributed by atoms with Crippen molar-refractivity contribution in [3.63, 3.8) is 0 Å².